The van der Waals surface area contributed by atoms with Gasteiger partial charge in [-0.1, -0.05) is 11.6 Å². The Morgan fingerprint density at radius 3 is 2.85 bits per heavy atom. The van der Waals surface area contributed by atoms with Gasteiger partial charge in [0, 0.05) is 43.1 Å². The van der Waals surface area contributed by atoms with E-state index in [1.807, 2.05) is 13.1 Å². The lowest BCUT2D eigenvalue weighted by molar-refractivity contribution is 0.286. The van der Waals surface area contributed by atoms with E-state index in [-0.39, 0.29) is 17.2 Å². The zero-order valence-electron chi connectivity index (χ0n) is 17.7. The highest BCUT2D eigenvalue weighted by Gasteiger charge is 2.25. The van der Waals surface area contributed by atoms with Crippen molar-refractivity contribution >= 4 is 29.2 Å². The van der Waals surface area contributed by atoms with Crippen molar-refractivity contribution in [2.24, 2.45) is 13.0 Å². The van der Waals surface area contributed by atoms with Gasteiger partial charge in [-0.05, 0) is 18.6 Å². The van der Waals surface area contributed by atoms with Crippen molar-refractivity contribution < 1.29 is 4.74 Å². The number of anilines is 2. The lowest BCUT2D eigenvalue weighted by Crippen LogP contribution is -2.32. The van der Waals surface area contributed by atoms with Gasteiger partial charge in [0.25, 0.3) is 0 Å². The van der Waals surface area contributed by atoms with Gasteiger partial charge >= 0.3 is 0 Å². The predicted molar refractivity (Wildman–Crippen MR) is 122 cm³/mol. The summed E-state index contributed by atoms with van der Waals surface area (Å²) in [5.74, 6) is 1.72. The van der Waals surface area contributed by atoms with Crippen LogP contribution >= 0.6 is 11.6 Å². The zero-order chi connectivity index (χ0) is 22.9. The van der Waals surface area contributed by atoms with Gasteiger partial charge in [0.2, 0.25) is 11.8 Å². The molecule has 1 atom stereocenters. The summed E-state index contributed by atoms with van der Waals surface area (Å²) in [6, 6.07) is 7.07. The van der Waals surface area contributed by atoms with Crippen LogP contribution < -0.4 is 15.5 Å². The average Bonchev–Trinajstić information content (AvgIpc) is 3.35. The minimum absolute atomic E-state index is 0.137. The lowest BCUT2D eigenvalue weighted by Gasteiger charge is -2.17. The standard InChI is InChI=1S/C21H21ClN10O/c1-30-18(3-6-26-30)29-21-25-5-2-16(28-21)14-8-17(23)32-19(9-14)33-7-4-13(20(32)24)11-31-12-15(22)10-27-31/h2-3,5-6,8-10,12-13,23-24H,4,7,11H2,1H3,(H,25,28,29)/t13-/m1/s1. The first-order chi connectivity index (χ1) is 16.0. The Balaban J connectivity index is 1.44. The maximum Gasteiger partial charge on any atom is 0.228 e. The Bertz CT molecular complexity index is 1390. The summed E-state index contributed by atoms with van der Waals surface area (Å²) in [4.78, 5) is 8.85. The number of hydrogen-bond acceptors (Lipinski definition) is 8. The molecule has 0 aromatic carbocycles. The summed E-state index contributed by atoms with van der Waals surface area (Å²) in [5, 5.41) is 29.4. The van der Waals surface area contributed by atoms with Crippen LogP contribution in [0.25, 0.3) is 11.3 Å². The molecule has 0 saturated carbocycles. The second-order valence-corrected chi connectivity index (χ2v) is 8.07. The van der Waals surface area contributed by atoms with E-state index in [9.17, 15) is 0 Å². The number of nitrogens with one attached hydrogen (secondary N) is 3. The molecule has 1 aliphatic rings. The third-order valence-corrected chi connectivity index (χ3v) is 5.59. The molecule has 11 nitrogen and oxygen atoms in total. The quantitative estimate of drug-likeness (QED) is 0.415. The normalized spacial score (nSPS) is 15.6. The molecule has 3 N–H and O–H groups in total. The van der Waals surface area contributed by atoms with E-state index in [0.717, 1.165) is 5.82 Å². The van der Waals surface area contributed by atoms with E-state index in [4.69, 9.17) is 27.2 Å². The van der Waals surface area contributed by atoms with Crippen LogP contribution in [0.15, 0.2) is 49.1 Å². The summed E-state index contributed by atoms with van der Waals surface area (Å²) in [6.07, 6.45) is 7.25. The molecule has 5 heterocycles. The van der Waals surface area contributed by atoms with E-state index < -0.39 is 0 Å². The van der Waals surface area contributed by atoms with Crippen molar-refractivity contribution in [1.29, 1.82) is 10.8 Å². The predicted octanol–water partition coefficient (Wildman–Crippen LogP) is 2.68. The highest BCUT2D eigenvalue weighted by Crippen LogP contribution is 2.26. The monoisotopic (exact) mass is 464 g/mol. The molecule has 0 fully saturated rings. The molecule has 4 aromatic rings. The number of halogens is 1. The minimum atomic E-state index is -0.170. The van der Waals surface area contributed by atoms with Gasteiger partial charge in [-0.3, -0.25) is 24.7 Å². The third-order valence-electron chi connectivity index (χ3n) is 5.40. The molecule has 1 aliphatic heterocycles. The molecule has 12 heteroatoms. The summed E-state index contributed by atoms with van der Waals surface area (Å²) < 4.78 is 10.9. The van der Waals surface area contributed by atoms with Crippen LogP contribution in [0.4, 0.5) is 11.8 Å². The van der Waals surface area contributed by atoms with E-state index in [1.165, 1.54) is 4.57 Å². The Kier molecular flexibility index (Phi) is 5.38. The van der Waals surface area contributed by atoms with Crippen LogP contribution in [0, 0.1) is 16.7 Å². The van der Waals surface area contributed by atoms with Crippen molar-refractivity contribution in [1.82, 2.24) is 34.1 Å². The maximum atomic E-state index is 8.75. The molecule has 0 spiro atoms. The van der Waals surface area contributed by atoms with Crippen molar-refractivity contribution in [2.45, 2.75) is 13.0 Å². The van der Waals surface area contributed by atoms with Crippen LogP contribution in [0.2, 0.25) is 5.02 Å². The number of nitrogens with zero attached hydrogens (tertiary/aromatic N) is 7. The van der Waals surface area contributed by atoms with Gasteiger partial charge < -0.3 is 10.1 Å². The fraction of sp³-hybridized carbons (Fsp3) is 0.238. The summed E-state index contributed by atoms with van der Waals surface area (Å²) in [6.45, 7) is 0.902. The highest BCUT2D eigenvalue weighted by atomic mass is 35.5. The van der Waals surface area contributed by atoms with Crippen molar-refractivity contribution in [3.05, 3.63) is 59.6 Å². The highest BCUT2D eigenvalue weighted by molar-refractivity contribution is 6.30. The van der Waals surface area contributed by atoms with E-state index in [0.29, 0.717) is 47.7 Å². The fourth-order valence-corrected chi connectivity index (χ4v) is 3.89. The SMILES string of the molecule is Cn1nccc1Nc1nccc(-c2cc3n(c(=N)c2)C(=N)[C@@H](Cn2cc(Cl)cn2)CCO3)n1. The van der Waals surface area contributed by atoms with E-state index in [1.54, 1.807) is 52.4 Å². The molecule has 4 aromatic heterocycles. The molecular formula is C21H21ClN10O. The third kappa shape index (κ3) is 4.22. The van der Waals surface area contributed by atoms with Crippen LogP contribution in [-0.4, -0.2) is 46.5 Å². The zero-order valence-corrected chi connectivity index (χ0v) is 18.5. The molecule has 0 unspecified atom stereocenters. The molecule has 168 valence electrons. The molecule has 0 aliphatic carbocycles. The number of rotatable bonds is 5. The minimum Gasteiger partial charge on any atom is -0.478 e. The van der Waals surface area contributed by atoms with Gasteiger partial charge in [0.05, 0.1) is 36.3 Å². The first-order valence-electron chi connectivity index (χ1n) is 10.3. The maximum absolute atomic E-state index is 8.75. The van der Waals surface area contributed by atoms with Crippen molar-refractivity contribution in [2.75, 3.05) is 11.9 Å². The molecule has 0 amide bonds. The topological polar surface area (TPSA) is 135 Å². The number of aromatic nitrogens is 7. The second kappa shape index (κ2) is 8.51. The van der Waals surface area contributed by atoms with Crippen LogP contribution in [0.1, 0.15) is 6.42 Å². The van der Waals surface area contributed by atoms with Crippen molar-refractivity contribution in [3.63, 3.8) is 0 Å². The lowest BCUT2D eigenvalue weighted by atomic mass is 10.0. The van der Waals surface area contributed by atoms with Gasteiger partial charge in [0.1, 0.15) is 17.1 Å². The second-order valence-electron chi connectivity index (χ2n) is 7.63. The first-order valence-corrected chi connectivity index (χ1v) is 10.7. The number of fused-ring (bicyclic) bond motifs is 1. The van der Waals surface area contributed by atoms with Crippen LogP contribution in [0.5, 0.6) is 5.88 Å². The molecule has 5 rings (SSSR count). The molecule has 0 bridgehead atoms. The Hall–Kier alpha value is -3.99. The van der Waals surface area contributed by atoms with Crippen LogP contribution in [0.3, 0.4) is 0 Å². The van der Waals surface area contributed by atoms with Crippen molar-refractivity contribution in [3.8, 4) is 17.1 Å². The summed E-state index contributed by atoms with van der Waals surface area (Å²) >= 11 is 5.97. The van der Waals surface area contributed by atoms with Gasteiger partial charge in [-0.2, -0.15) is 10.2 Å². The average molecular weight is 465 g/mol. The van der Waals surface area contributed by atoms with Gasteiger partial charge in [-0.25, -0.2) is 9.97 Å². The molecule has 0 radical (unpaired) electrons. The number of ether oxygens (including phenoxy) is 1. The number of pyridine rings is 1. The fourth-order valence-electron chi connectivity index (χ4n) is 3.73. The van der Waals surface area contributed by atoms with Crippen LogP contribution in [-0.2, 0) is 13.6 Å². The number of hydrogen-bond donors (Lipinski definition) is 3. The molecule has 0 saturated heterocycles. The Morgan fingerprint density at radius 2 is 2.09 bits per heavy atom. The first kappa shape index (κ1) is 20.9. The van der Waals surface area contributed by atoms with Gasteiger partial charge in [0.15, 0.2) is 0 Å². The number of aryl methyl sites for hydroxylation is 1. The largest absolute Gasteiger partial charge is 0.478 e. The molecular weight excluding hydrogens is 444 g/mol. The Labute approximate surface area is 193 Å². The van der Waals surface area contributed by atoms with Gasteiger partial charge in [-0.15, -0.1) is 0 Å². The van der Waals surface area contributed by atoms with E-state index in [2.05, 4.69) is 25.5 Å². The van der Waals surface area contributed by atoms with E-state index >= 15 is 0 Å². The molecule has 33 heavy (non-hydrogen) atoms. The summed E-state index contributed by atoms with van der Waals surface area (Å²) in [5.41, 5.74) is 1.47. The Morgan fingerprint density at radius 1 is 1.21 bits per heavy atom. The summed E-state index contributed by atoms with van der Waals surface area (Å²) in [7, 11) is 1.82. The smallest absolute Gasteiger partial charge is 0.228 e.